The number of Topliss-reactive ketones (excluding diaryl/α,β-unsaturated/α-hetero) is 2. The Labute approximate surface area is 127 Å². The lowest BCUT2D eigenvalue weighted by molar-refractivity contribution is 0.102. The van der Waals surface area contributed by atoms with Crippen LogP contribution in [0.25, 0.3) is 0 Å². The van der Waals surface area contributed by atoms with Crippen molar-refractivity contribution in [3.05, 3.63) is 52.1 Å². The van der Waals surface area contributed by atoms with Crippen molar-refractivity contribution in [1.82, 2.24) is 15.8 Å². The number of ketones is 2. The number of rotatable bonds is 2. The summed E-state index contributed by atoms with van der Waals surface area (Å²) >= 11 is 0. The van der Waals surface area contributed by atoms with Crippen LogP contribution in [0.5, 0.6) is 0 Å². The first kappa shape index (κ1) is 14.4. The number of carbonyl (C=O) groups excluding carboxylic acids is 2. The van der Waals surface area contributed by atoms with Gasteiger partial charge in [-0.1, -0.05) is 0 Å². The number of pyridine rings is 1. The van der Waals surface area contributed by atoms with Crippen molar-refractivity contribution in [3.63, 3.8) is 0 Å². The quantitative estimate of drug-likeness (QED) is 0.345. The van der Waals surface area contributed by atoms with Gasteiger partial charge in [0.25, 0.3) is 0 Å². The third-order valence-corrected chi connectivity index (χ3v) is 4.03. The Bertz CT molecular complexity index is 664. The van der Waals surface area contributed by atoms with E-state index in [0.29, 0.717) is 48.0 Å². The van der Waals surface area contributed by atoms with E-state index in [2.05, 4.69) is 15.8 Å². The average molecular weight is 299 g/mol. The number of hydrazine groups is 2. The zero-order chi connectivity index (χ0) is 15.7. The number of aryl methyl sites for hydroxylation is 2. The van der Waals surface area contributed by atoms with Crippen molar-refractivity contribution in [2.24, 2.45) is 11.7 Å². The fraction of sp³-hybridized carbons (Fsp3) is 0.267. The number of hydrogen-bond donors (Lipinski definition) is 4. The molecule has 7 nitrogen and oxygen atoms in total. The molecule has 22 heavy (non-hydrogen) atoms. The molecule has 2 aliphatic rings. The smallest absolute Gasteiger partial charge is 0.192 e. The number of fused-ring (bicyclic) bond motifs is 2. The van der Waals surface area contributed by atoms with Gasteiger partial charge in [-0.2, -0.15) is 0 Å². The SMILES string of the molecule is NNC=C1CCc2nc3c(cc2C1=O)C(=O)C(=CNN)CC3. The first-order valence-electron chi connectivity index (χ1n) is 7.08. The standard InChI is InChI=1S/C15H17N5O2/c16-18-6-8-1-3-12-10(14(8)21)5-11-13(20-12)4-2-9(7-19-17)15(11)22/h5-7,18-19H,1-4,16-17H2. The van der Waals surface area contributed by atoms with Crippen molar-refractivity contribution in [1.29, 1.82) is 0 Å². The van der Waals surface area contributed by atoms with E-state index in [9.17, 15) is 9.59 Å². The van der Waals surface area contributed by atoms with Crippen molar-refractivity contribution >= 4 is 11.6 Å². The predicted molar refractivity (Wildman–Crippen MR) is 80.4 cm³/mol. The van der Waals surface area contributed by atoms with Gasteiger partial charge in [0.2, 0.25) is 0 Å². The molecule has 7 heteroatoms. The van der Waals surface area contributed by atoms with Crippen molar-refractivity contribution in [2.45, 2.75) is 25.7 Å². The second-order valence-corrected chi connectivity index (χ2v) is 5.31. The molecular weight excluding hydrogens is 282 g/mol. The van der Waals surface area contributed by atoms with Crippen LogP contribution in [0.3, 0.4) is 0 Å². The Kier molecular flexibility index (Phi) is 3.74. The Morgan fingerprint density at radius 3 is 1.73 bits per heavy atom. The molecule has 0 unspecified atom stereocenters. The van der Waals surface area contributed by atoms with E-state index in [1.165, 1.54) is 12.4 Å². The molecule has 0 fully saturated rings. The Morgan fingerprint density at radius 1 is 0.864 bits per heavy atom. The summed E-state index contributed by atoms with van der Waals surface area (Å²) in [7, 11) is 0. The molecule has 0 saturated carbocycles. The molecule has 1 heterocycles. The summed E-state index contributed by atoms with van der Waals surface area (Å²) in [6, 6.07) is 1.66. The van der Waals surface area contributed by atoms with Gasteiger partial charge in [0, 0.05) is 34.7 Å². The lowest BCUT2D eigenvalue weighted by Gasteiger charge is -2.22. The molecule has 114 valence electrons. The molecule has 0 aromatic carbocycles. The number of aromatic nitrogens is 1. The van der Waals surface area contributed by atoms with E-state index in [0.717, 1.165) is 11.4 Å². The molecule has 3 rings (SSSR count). The maximum atomic E-state index is 12.4. The van der Waals surface area contributed by atoms with E-state index >= 15 is 0 Å². The third-order valence-electron chi connectivity index (χ3n) is 4.03. The second-order valence-electron chi connectivity index (χ2n) is 5.31. The summed E-state index contributed by atoms with van der Waals surface area (Å²) in [4.78, 5) is 29.4. The highest BCUT2D eigenvalue weighted by Crippen LogP contribution is 2.30. The predicted octanol–water partition coefficient (Wildman–Crippen LogP) is 0.0338. The number of hydrogen-bond acceptors (Lipinski definition) is 7. The normalized spacial score (nSPS) is 20.8. The molecule has 0 atom stereocenters. The van der Waals surface area contributed by atoms with Gasteiger partial charge in [0.1, 0.15) is 0 Å². The minimum absolute atomic E-state index is 0.129. The third kappa shape index (κ3) is 2.30. The number of allylic oxidation sites excluding steroid dienone is 2. The van der Waals surface area contributed by atoms with Crippen molar-refractivity contribution in [2.75, 3.05) is 0 Å². The van der Waals surface area contributed by atoms with Gasteiger partial charge in [0.05, 0.1) is 11.4 Å². The zero-order valence-corrected chi connectivity index (χ0v) is 12.0. The number of carbonyl (C=O) groups is 2. The van der Waals surface area contributed by atoms with E-state index in [1.807, 2.05) is 0 Å². The minimum Gasteiger partial charge on any atom is -0.331 e. The van der Waals surface area contributed by atoms with E-state index < -0.39 is 0 Å². The topological polar surface area (TPSA) is 123 Å². The summed E-state index contributed by atoms with van der Waals surface area (Å²) < 4.78 is 0. The van der Waals surface area contributed by atoms with Crippen LogP contribution in [0.4, 0.5) is 0 Å². The van der Waals surface area contributed by atoms with Gasteiger partial charge in [-0.25, -0.2) is 0 Å². The van der Waals surface area contributed by atoms with Crippen molar-refractivity contribution < 1.29 is 9.59 Å². The minimum atomic E-state index is -0.129. The van der Waals surface area contributed by atoms with Crippen LogP contribution < -0.4 is 22.5 Å². The van der Waals surface area contributed by atoms with Crippen LogP contribution in [0.15, 0.2) is 29.6 Å². The summed E-state index contributed by atoms with van der Waals surface area (Å²) in [6.45, 7) is 0. The van der Waals surface area contributed by atoms with Gasteiger partial charge in [-0.15, -0.1) is 0 Å². The van der Waals surface area contributed by atoms with Gasteiger partial charge >= 0.3 is 0 Å². The first-order chi connectivity index (χ1) is 10.7. The lowest BCUT2D eigenvalue weighted by Crippen LogP contribution is -2.25. The molecule has 1 aromatic heterocycles. The number of nitrogens with zero attached hydrogens (tertiary/aromatic N) is 1. The number of nitrogens with two attached hydrogens (primary N) is 2. The van der Waals surface area contributed by atoms with E-state index in [4.69, 9.17) is 11.7 Å². The molecule has 2 aliphatic carbocycles. The molecule has 0 bridgehead atoms. The maximum absolute atomic E-state index is 12.4. The highest BCUT2D eigenvalue weighted by molar-refractivity contribution is 6.14. The summed E-state index contributed by atoms with van der Waals surface area (Å²) in [5.41, 5.74) is 8.47. The summed E-state index contributed by atoms with van der Waals surface area (Å²) in [5.74, 6) is 10.2. The van der Waals surface area contributed by atoms with E-state index in [1.54, 1.807) is 6.07 Å². The highest BCUT2D eigenvalue weighted by Gasteiger charge is 2.29. The van der Waals surface area contributed by atoms with Gasteiger partial charge in [0.15, 0.2) is 11.6 Å². The molecular formula is C15H17N5O2. The monoisotopic (exact) mass is 299 g/mol. The maximum Gasteiger partial charge on any atom is 0.192 e. The van der Waals surface area contributed by atoms with Crippen LogP contribution in [0.2, 0.25) is 0 Å². The van der Waals surface area contributed by atoms with Crippen LogP contribution in [-0.4, -0.2) is 16.6 Å². The van der Waals surface area contributed by atoms with Crippen molar-refractivity contribution in [3.8, 4) is 0 Å². The lowest BCUT2D eigenvalue weighted by atomic mass is 9.84. The molecule has 0 amide bonds. The molecule has 0 spiro atoms. The van der Waals surface area contributed by atoms with Crippen LogP contribution in [-0.2, 0) is 12.8 Å². The Balaban J connectivity index is 2.06. The van der Waals surface area contributed by atoms with Gasteiger partial charge in [-0.05, 0) is 31.7 Å². The van der Waals surface area contributed by atoms with E-state index in [-0.39, 0.29) is 11.6 Å². The molecule has 0 aliphatic heterocycles. The first-order valence-corrected chi connectivity index (χ1v) is 7.08. The fourth-order valence-electron chi connectivity index (χ4n) is 2.92. The Morgan fingerprint density at radius 2 is 1.32 bits per heavy atom. The molecule has 1 aromatic rings. The fourth-order valence-corrected chi connectivity index (χ4v) is 2.92. The van der Waals surface area contributed by atoms with Gasteiger partial charge < -0.3 is 10.9 Å². The Hall–Kier alpha value is -2.51. The summed E-state index contributed by atoms with van der Waals surface area (Å²) in [5, 5.41) is 0. The second kappa shape index (κ2) is 5.70. The van der Waals surface area contributed by atoms with Crippen LogP contribution in [0.1, 0.15) is 44.9 Å². The molecule has 6 N–H and O–H groups in total. The van der Waals surface area contributed by atoms with Crippen LogP contribution >= 0.6 is 0 Å². The number of nitrogens with one attached hydrogen (secondary N) is 2. The highest BCUT2D eigenvalue weighted by atomic mass is 16.1. The zero-order valence-electron chi connectivity index (χ0n) is 12.0. The summed E-state index contributed by atoms with van der Waals surface area (Å²) in [6.07, 6.45) is 5.52. The van der Waals surface area contributed by atoms with Gasteiger partial charge in [-0.3, -0.25) is 26.3 Å². The van der Waals surface area contributed by atoms with Crippen LogP contribution in [0, 0.1) is 0 Å². The largest absolute Gasteiger partial charge is 0.331 e. The molecule has 0 saturated heterocycles. The average Bonchev–Trinajstić information content (AvgIpc) is 2.52. The molecule has 0 radical (unpaired) electrons.